The topological polar surface area (TPSA) is 74.3 Å². The van der Waals surface area contributed by atoms with Crippen molar-refractivity contribution in [2.45, 2.75) is 13.3 Å². The Bertz CT molecular complexity index is 764. The Morgan fingerprint density at radius 1 is 1.07 bits per heavy atom. The van der Waals surface area contributed by atoms with Crippen LogP contribution < -0.4 is 10.6 Å². The van der Waals surface area contributed by atoms with Crippen molar-refractivity contribution in [1.82, 2.24) is 15.2 Å². The highest BCUT2D eigenvalue weighted by atomic mass is 35.5. The zero-order valence-electron chi connectivity index (χ0n) is 15.1. The summed E-state index contributed by atoms with van der Waals surface area (Å²) < 4.78 is 0. The predicted molar refractivity (Wildman–Crippen MR) is 111 cm³/mol. The Kier molecular flexibility index (Phi) is 9.21. The van der Waals surface area contributed by atoms with Gasteiger partial charge in [0.2, 0.25) is 0 Å². The number of amides is 2. The van der Waals surface area contributed by atoms with Gasteiger partial charge in [0.25, 0.3) is 11.8 Å². The van der Waals surface area contributed by atoms with Crippen LogP contribution in [0.1, 0.15) is 32.7 Å². The van der Waals surface area contributed by atoms with Crippen LogP contribution in [0.4, 0.5) is 5.69 Å². The first kappa shape index (κ1) is 22.9. The summed E-state index contributed by atoms with van der Waals surface area (Å²) in [7, 11) is 0. The molecule has 2 amide bonds. The summed E-state index contributed by atoms with van der Waals surface area (Å²) in [6.07, 6.45) is 4.07. The number of anilines is 1. The summed E-state index contributed by atoms with van der Waals surface area (Å²) in [5.74, 6) is -0.291. The van der Waals surface area contributed by atoms with E-state index in [0.717, 1.165) is 31.6 Å². The molecule has 0 saturated carbocycles. The van der Waals surface area contributed by atoms with Gasteiger partial charge in [0.15, 0.2) is 0 Å². The highest BCUT2D eigenvalue weighted by molar-refractivity contribution is 6.09. The van der Waals surface area contributed by atoms with Crippen molar-refractivity contribution >= 4 is 42.3 Å². The van der Waals surface area contributed by atoms with Gasteiger partial charge in [0, 0.05) is 37.6 Å². The minimum Gasteiger partial charge on any atom is -0.337 e. The summed E-state index contributed by atoms with van der Waals surface area (Å²) in [5.41, 5.74) is 2.48. The van der Waals surface area contributed by atoms with Crippen molar-refractivity contribution in [3.63, 3.8) is 0 Å². The number of carbonyl (C=O) groups excluding carboxylic acids is 2. The summed E-state index contributed by atoms with van der Waals surface area (Å²) in [5, 5.41) is 6.19. The molecule has 1 saturated heterocycles. The molecule has 2 aromatic rings. The van der Waals surface area contributed by atoms with Crippen molar-refractivity contribution < 1.29 is 9.59 Å². The number of para-hydroxylation sites is 1. The van der Waals surface area contributed by atoms with E-state index < -0.39 is 0 Å². The predicted octanol–water partition coefficient (Wildman–Crippen LogP) is 2.92. The van der Waals surface area contributed by atoms with E-state index in [4.69, 9.17) is 0 Å². The third kappa shape index (κ3) is 5.66. The lowest BCUT2D eigenvalue weighted by atomic mass is 10.1. The number of benzene rings is 1. The van der Waals surface area contributed by atoms with Gasteiger partial charge < -0.3 is 15.5 Å². The molecule has 0 atom stereocenters. The van der Waals surface area contributed by atoms with E-state index in [1.54, 1.807) is 30.6 Å². The number of pyridine rings is 1. The average molecular weight is 411 g/mol. The van der Waals surface area contributed by atoms with E-state index in [1.165, 1.54) is 0 Å². The highest BCUT2D eigenvalue weighted by Crippen LogP contribution is 2.23. The Balaban J connectivity index is 0.00000182. The van der Waals surface area contributed by atoms with Crippen molar-refractivity contribution in [3.05, 3.63) is 59.4 Å². The Labute approximate surface area is 171 Å². The molecule has 0 radical (unpaired) electrons. The molecule has 27 heavy (non-hydrogen) atoms. The highest BCUT2D eigenvalue weighted by Gasteiger charge is 2.22. The first-order valence-electron chi connectivity index (χ1n) is 8.48. The number of rotatable bonds is 3. The normalized spacial score (nSPS) is 13.6. The molecule has 6 nitrogen and oxygen atoms in total. The van der Waals surface area contributed by atoms with Crippen molar-refractivity contribution in [2.24, 2.45) is 0 Å². The monoisotopic (exact) mass is 410 g/mol. The lowest BCUT2D eigenvalue weighted by molar-refractivity contribution is 0.0767. The Morgan fingerprint density at radius 3 is 2.56 bits per heavy atom. The van der Waals surface area contributed by atoms with Crippen LogP contribution in [0.2, 0.25) is 0 Å². The van der Waals surface area contributed by atoms with Crippen LogP contribution in [0.5, 0.6) is 0 Å². The number of aromatic nitrogens is 1. The van der Waals surface area contributed by atoms with Crippen LogP contribution in [-0.4, -0.2) is 47.9 Å². The molecule has 146 valence electrons. The Morgan fingerprint density at radius 2 is 1.81 bits per heavy atom. The molecule has 2 N–H and O–H groups in total. The molecule has 1 aliphatic heterocycles. The minimum absolute atomic E-state index is 0. The number of nitrogens with zero attached hydrogens (tertiary/aromatic N) is 2. The van der Waals surface area contributed by atoms with Crippen LogP contribution in [0, 0.1) is 6.92 Å². The zero-order chi connectivity index (χ0) is 17.6. The molecule has 8 heteroatoms. The van der Waals surface area contributed by atoms with E-state index >= 15 is 0 Å². The standard InChI is InChI=1S/C19H22N4O2.2ClH/c1-14-4-2-5-16(19(25)23-12-3-8-20-11-13-23)17(14)22-18(24)15-6-9-21-10-7-15;;/h2,4-7,9-10,20H,3,8,11-13H2,1H3,(H,22,24);2*1H. The number of hydrogen-bond donors (Lipinski definition) is 2. The summed E-state index contributed by atoms with van der Waals surface area (Å²) >= 11 is 0. The molecule has 3 rings (SSSR count). The van der Waals surface area contributed by atoms with Crippen molar-refractivity contribution in [3.8, 4) is 0 Å². The minimum atomic E-state index is -0.247. The van der Waals surface area contributed by atoms with E-state index in [0.29, 0.717) is 23.4 Å². The largest absolute Gasteiger partial charge is 0.337 e. The molecule has 1 aliphatic rings. The number of nitrogens with one attached hydrogen (secondary N) is 2. The molecular formula is C19H24Cl2N4O2. The molecule has 0 bridgehead atoms. The average Bonchev–Trinajstić information content (AvgIpc) is 2.93. The molecule has 0 unspecified atom stereocenters. The second-order valence-electron chi connectivity index (χ2n) is 6.08. The molecule has 1 aromatic heterocycles. The van der Waals surface area contributed by atoms with Crippen LogP contribution in [0.25, 0.3) is 0 Å². The van der Waals surface area contributed by atoms with Gasteiger partial charge in [-0.3, -0.25) is 14.6 Å². The van der Waals surface area contributed by atoms with Gasteiger partial charge in [-0.25, -0.2) is 0 Å². The Hall–Kier alpha value is -2.15. The van der Waals surface area contributed by atoms with Crippen molar-refractivity contribution in [2.75, 3.05) is 31.5 Å². The van der Waals surface area contributed by atoms with Gasteiger partial charge in [-0.05, 0) is 43.7 Å². The molecule has 0 aliphatic carbocycles. The lowest BCUT2D eigenvalue weighted by Crippen LogP contribution is -2.35. The maximum absolute atomic E-state index is 13.0. The fraction of sp³-hybridized carbons (Fsp3) is 0.316. The van der Waals surface area contributed by atoms with Gasteiger partial charge in [-0.1, -0.05) is 12.1 Å². The van der Waals surface area contributed by atoms with E-state index in [-0.39, 0.29) is 36.6 Å². The van der Waals surface area contributed by atoms with Gasteiger partial charge >= 0.3 is 0 Å². The van der Waals surface area contributed by atoms with Gasteiger partial charge in [-0.15, -0.1) is 24.8 Å². The molecular weight excluding hydrogens is 387 g/mol. The maximum Gasteiger partial charge on any atom is 0.256 e. The van der Waals surface area contributed by atoms with E-state index in [2.05, 4.69) is 15.6 Å². The zero-order valence-corrected chi connectivity index (χ0v) is 16.7. The van der Waals surface area contributed by atoms with Gasteiger partial charge in [0.05, 0.1) is 11.3 Å². The van der Waals surface area contributed by atoms with Crippen LogP contribution in [0.15, 0.2) is 42.7 Å². The number of halogens is 2. The molecule has 1 aromatic carbocycles. The first-order valence-corrected chi connectivity index (χ1v) is 8.48. The van der Waals surface area contributed by atoms with E-state index in [9.17, 15) is 9.59 Å². The third-order valence-corrected chi connectivity index (χ3v) is 4.31. The summed E-state index contributed by atoms with van der Waals surface area (Å²) in [6.45, 7) is 4.99. The van der Waals surface area contributed by atoms with Crippen LogP contribution in [0.3, 0.4) is 0 Å². The SMILES string of the molecule is Cc1cccc(C(=O)N2CCCNCC2)c1NC(=O)c1ccncc1.Cl.Cl. The smallest absolute Gasteiger partial charge is 0.256 e. The van der Waals surface area contributed by atoms with Crippen LogP contribution in [-0.2, 0) is 0 Å². The van der Waals surface area contributed by atoms with E-state index in [1.807, 2.05) is 24.0 Å². The van der Waals surface area contributed by atoms with Crippen LogP contribution >= 0.6 is 24.8 Å². The second-order valence-corrected chi connectivity index (χ2v) is 6.08. The molecule has 2 heterocycles. The fourth-order valence-corrected chi connectivity index (χ4v) is 2.92. The summed E-state index contributed by atoms with van der Waals surface area (Å²) in [4.78, 5) is 31.2. The molecule has 1 fully saturated rings. The van der Waals surface area contributed by atoms with Gasteiger partial charge in [0.1, 0.15) is 0 Å². The third-order valence-electron chi connectivity index (χ3n) is 4.31. The fourth-order valence-electron chi connectivity index (χ4n) is 2.92. The molecule has 0 spiro atoms. The lowest BCUT2D eigenvalue weighted by Gasteiger charge is -2.22. The van der Waals surface area contributed by atoms with Gasteiger partial charge in [-0.2, -0.15) is 0 Å². The van der Waals surface area contributed by atoms with Crippen molar-refractivity contribution in [1.29, 1.82) is 0 Å². The second kappa shape index (κ2) is 10.9. The number of hydrogen-bond acceptors (Lipinski definition) is 4. The quantitative estimate of drug-likeness (QED) is 0.815. The number of aryl methyl sites for hydroxylation is 1. The maximum atomic E-state index is 13.0. The number of carbonyl (C=O) groups is 2. The first-order chi connectivity index (χ1) is 12.2. The summed E-state index contributed by atoms with van der Waals surface area (Å²) in [6, 6.07) is 8.81.